The molecule has 1 atom stereocenters. The molecule has 1 N–H and O–H groups in total. The Hall–Kier alpha value is -1.89. The Balaban J connectivity index is 1.85. The van der Waals surface area contributed by atoms with Crippen LogP contribution in [-0.2, 0) is 0 Å². The van der Waals surface area contributed by atoms with E-state index in [1.807, 2.05) is 42.5 Å². The van der Waals surface area contributed by atoms with Gasteiger partial charge in [-0.25, -0.2) is 0 Å². The van der Waals surface area contributed by atoms with E-state index in [9.17, 15) is 0 Å². The van der Waals surface area contributed by atoms with E-state index in [0.29, 0.717) is 16.0 Å². The molecular formula is C16H10BrCl2N5. The van der Waals surface area contributed by atoms with Crippen LogP contribution in [0, 0.1) is 0 Å². The van der Waals surface area contributed by atoms with Gasteiger partial charge in [0.1, 0.15) is 6.04 Å². The van der Waals surface area contributed by atoms with Gasteiger partial charge in [0.05, 0.1) is 10.0 Å². The first-order valence-electron chi connectivity index (χ1n) is 7.10. The molecule has 1 unspecified atom stereocenters. The first-order chi connectivity index (χ1) is 11.6. The number of fused-ring (bicyclic) bond motifs is 1. The summed E-state index contributed by atoms with van der Waals surface area (Å²) in [6, 6.07) is 13.3. The third-order valence-corrected chi connectivity index (χ3v) is 5.14. The number of tetrazole rings is 1. The lowest BCUT2D eigenvalue weighted by Crippen LogP contribution is -2.20. The summed E-state index contributed by atoms with van der Waals surface area (Å²) in [5, 5.41) is 16.1. The molecule has 4 rings (SSSR count). The number of nitrogens with zero attached hydrogens (tertiary/aromatic N) is 4. The van der Waals surface area contributed by atoms with Gasteiger partial charge in [0.15, 0.2) is 0 Å². The molecule has 1 aliphatic heterocycles. The minimum Gasteiger partial charge on any atom is -0.323 e. The van der Waals surface area contributed by atoms with Crippen molar-refractivity contribution in [3.8, 4) is 0 Å². The Bertz CT molecular complexity index is 936. The van der Waals surface area contributed by atoms with Gasteiger partial charge in [0, 0.05) is 15.7 Å². The van der Waals surface area contributed by atoms with Crippen LogP contribution >= 0.6 is 39.1 Å². The summed E-state index contributed by atoms with van der Waals surface area (Å²) in [6.07, 6.45) is 2.03. The Morgan fingerprint density at radius 2 is 1.88 bits per heavy atom. The van der Waals surface area contributed by atoms with Crippen LogP contribution < -0.4 is 5.32 Å². The number of rotatable bonds is 2. The maximum Gasteiger partial charge on any atom is 0.248 e. The molecule has 120 valence electrons. The molecule has 3 aromatic rings. The van der Waals surface area contributed by atoms with Gasteiger partial charge in [-0.2, -0.15) is 4.68 Å². The van der Waals surface area contributed by atoms with Crippen molar-refractivity contribution in [2.24, 2.45) is 0 Å². The van der Waals surface area contributed by atoms with Crippen LogP contribution in [0.25, 0.3) is 5.70 Å². The lowest BCUT2D eigenvalue weighted by molar-refractivity contribution is 0.586. The van der Waals surface area contributed by atoms with E-state index < -0.39 is 0 Å². The maximum absolute atomic E-state index is 6.40. The molecule has 0 bridgehead atoms. The molecule has 5 nitrogen and oxygen atoms in total. The molecule has 0 radical (unpaired) electrons. The normalized spacial score (nSPS) is 16.3. The number of nitrogens with one attached hydrogen (secondary N) is 1. The third kappa shape index (κ3) is 2.70. The quantitative estimate of drug-likeness (QED) is 0.644. The van der Waals surface area contributed by atoms with E-state index in [1.165, 1.54) is 0 Å². The van der Waals surface area contributed by atoms with Crippen LogP contribution in [-0.4, -0.2) is 20.2 Å². The highest BCUT2D eigenvalue weighted by atomic mass is 79.9. The molecule has 0 aliphatic carbocycles. The monoisotopic (exact) mass is 421 g/mol. The van der Waals surface area contributed by atoms with Crippen molar-refractivity contribution in [3.63, 3.8) is 0 Å². The summed E-state index contributed by atoms with van der Waals surface area (Å²) in [4.78, 5) is 0. The fourth-order valence-corrected chi connectivity index (χ4v) is 3.31. The highest BCUT2D eigenvalue weighted by molar-refractivity contribution is 9.10. The van der Waals surface area contributed by atoms with Crippen molar-refractivity contribution in [3.05, 3.63) is 74.2 Å². The zero-order valence-corrected chi connectivity index (χ0v) is 15.2. The van der Waals surface area contributed by atoms with Gasteiger partial charge >= 0.3 is 0 Å². The summed E-state index contributed by atoms with van der Waals surface area (Å²) in [6.45, 7) is 0. The van der Waals surface area contributed by atoms with Gasteiger partial charge in [-0.1, -0.05) is 68.5 Å². The molecule has 0 saturated heterocycles. The lowest BCUT2D eigenvalue weighted by Gasteiger charge is -2.24. The highest BCUT2D eigenvalue weighted by Crippen LogP contribution is 2.37. The van der Waals surface area contributed by atoms with Crippen molar-refractivity contribution in [1.82, 2.24) is 20.2 Å². The van der Waals surface area contributed by atoms with Gasteiger partial charge in [-0.05, 0) is 40.3 Å². The number of benzene rings is 2. The van der Waals surface area contributed by atoms with E-state index in [0.717, 1.165) is 21.3 Å². The van der Waals surface area contributed by atoms with Crippen molar-refractivity contribution < 1.29 is 0 Å². The average Bonchev–Trinajstić information content (AvgIpc) is 3.06. The molecule has 2 heterocycles. The molecule has 0 saturated carbocycles. The van der Waals surface area contributed by atoms with Gasteiger partial charge in [0.25, 0.3) is 0 Å². The molecule has 24 heavy (non-hydrogen) atoms. The van der Waals surface area contributed by atoms with E-state index in [4.69, 9.17) is 23.2 Å². The molecule has 2 aromatic carbocycles. The van der Waals surface area contributed by atoms with Gasteiger partial charge in [-0.3, -0.25) is 0 Å². The van der Waals surface area contributed by atoms with Crippen LogP contribution in [0.5, 0.6) is 0 Å². The smallest absolute Gasteiger partial charge is 0.248 e. The van der Waals surface area contributed by atoms with Crippen LogP contribution in [0.4, 0.5) is 5.95 Å². The summed E-state index contributed by atoms with van der Waals surface area (Å²) >= 11 is 16.0. The van der Waals surface area contributed by atoms with Crippen LogP contribution in [0.2, 0.25) is 10.0 Å². The largest absolute Gasteiger partial charge is 0.323 e. The van der Waals surface area contributed by atoms with Gasteiger partial charge in [0.2, 0.25) is 5.95 Å². The van der Waals surface area contributed by atoms with Crippen LogP contribution in [0.15, 0.2) is 53.0 Å². The van der Waals surface area contributed by atoms with Crippen LogP contribution in [0.3, 0.4) is 0 Å². The Morgan fingerprint density at radius 1 is 1.08 bits per heavy atom. The fourth-order valence-electron chi connectivity index (χ4n) is 2.62. The molecule has 0 spiro atoms. The second kappa shape index (κ2) is 6.20. The maximum atomic E-state index is 6.40. The number of aromatic nitrogens is 4. The second-order valence-electron chi connectivity index (χ2n) is 5.25. The van der Waals surface area contributed by atoms with E-state index in [-0.39, 0.29) is 6.04 Å². The lowest BCUT2D eigenvalue weighted by atomic mass is 10.0. The molecule has 0 fully saturated rings. The zero-order valence-electron chi connectivity index (χ0n) is 12.1. The summed E-state index contributed by atoms with van der Waals surface area (Å²) in [7, 11) is 0. The Labute approximate surface area is 156 Å². The van der Waals surface area contributed by atoms with Crippen molar-refractivity contribution >= 4 is 50.8 Å². The summed E-state index contributed by atoms with van der Waals surface area (Å²) in [5.41, 5.74) is 2.77. The van der Waals surface area contributed by atoms with Crippen molar-refractivity contribution in [2.45, 2.75) is 6.04 Å². The summed E-state index contributed by atoms with van der Waals surface area (Å²) < 4.78 is 2.70. The van der Waals surface area contributed by atoms with E-state index in [1.54, 1.807) is 10.7 Å². The van der Waals surface area contributed by atoms with E-state index in [2.05, 4.69) is 36.8 Å². The topological polar surface area (TPSA) is 55.6 Å². The third-order valence-electron chi connectivity index (χ3n) is 3.78. The predicted octanol–water partition coefficient (Wildman–Crippen LogP) is 4.80. The van der Waals surface area contributed by atoms with Gasteiger partial charge < -0.3 is 5.32 Å². The number of hydrogen-bond donors (Lipinski definition) is 1. The SMILES string of the molecule is Clc1cccc(C2C=C(c3ccc(Br)cc3)Nc3nnnn32)c1Cl. The highest BCUT2D eigenvalue weighted by Gasteiger charge is 2.26. The minimum absolute atomic E-state index is 0.249. The predicted molar refractivity (Wildman–Crippen MR) is 98.2 cm³/mol. The standard InChI is InChI=1S/C16H10BrCl2N5/c17-10-6-4-9(5-7-10)13-8-14(24-16(20-13)21-22-23-24)11-2-1-3-12(18)15(11)19/h1-8,14H,(H,20,21,23). The Kier molecular flexibility index (Phi) is 4.04. The minimum atomic E-state index is -0.249. The molecule has 0 amide bonds. The number of allylic oxidation sites excluding steroid dienone is 1. The molecule has 1 aromatic heterocycles. The first-order valence-corrected chi connectivity index (χ1v) is 8.65. The zero-order chi connectivity index (χ0) is 16.7. The van der Waals surface area contributed by atoms with Crippen molar-refractivity contribution in [1.29, 1.82) is 0 Å². The first kappa shape index (κ1) is 15.6. The fraction of sp³-hybridized carbons (Fsp3) is 0.0625. The van der Waals surface area contributed by atoms with Crippen LogP contribution in [0.1, 0.15) is 17.2 Å². The second-order valence-corrected chi connectivity index (χ2v) is 6.95. The molecule has 8 heteroatoms. The summed E-state index contributed by atoms with van der Waals surface area (Å²) in [5.74, 6) is 0.552. The average molecular weight is 423 g/mol. The number of anilines is 1. The number of halogens is 3. The molecule has 1 aliphatic rings. The van der Waals surface area contributed by atoms with Crippen molar-refractivity contribution in [2.75, 3.05) is 5.32 Å². The molecular weight excluding hydrogens is 413 g/mol. The van der Waals surface area contributed by atoms with E-state index >= 15 is 0 Å². The Morgan fingerprint density at radius 3 is 2.67 bits per heavy atom. The number of hydrogen-bond acceptors (Lipinski definition) is 4. The van der Waals surface area contributed by atoms with Gasteiger partial charge in [-0.15, -0.1) is 0 Å².